The van der Waals surface area contributed by atoms with Crippen molar-refractivity contribution in [3.8, 4) is 0 Å². The largest absolute Gasteiger partial charge is 0.289 e. The molecule has 2 atom stereocenters. The summed E-state index contributed by atoms with van der Waals surface area (Å²) in [7, 11) is 0. The fourth-order valence-electron chi connectivity index (χ4n) is 3.10. The predicted octanol–water partition coefficient (Wildman–Crippen LogP) is 5.60. The summed E-state index contributed by atoms with van der Waals surface area (Å²) in [5.41, 5.74) is 2.82. The highest BCUT2D eigenvalue weighted by atomic mass is 14.9. The molecule has 1 fully saturated rings. The maximum atomic E-state index is 5.08. The van der Waals surface area contributed by atoms with Crippen molar-refractivity contribution in [3.05, 3.63) is 0 Å². The van der Waals surface area contributed by atoms with Gasteiger partial charge in [-0.25, -0.2) is 0 Å². The van der Waals surface area contributed by atoms with Gasteiger partial charge in [-0.3, -0.25) is 9.98 Å². The molecule has 20 heavy (non-hydrogen) atoms. The highest BCUT2D eigenvalue weighted by molar-refractivity contribution is 5.85. The van der Waals surface area contributed by atoms with E-state index < -0.39 is 0 Å². The van der Waals surface area contributed by atoms with Crippen LogP contribution in [0.2, 0.25) is 0 Å². The molecule has 0 N–H and O–H groups in total. The second kappa shape index (κ2) is 10.1. The Balaban J connectivity index is 2.80. The molecular weight excluding hydrogens is 244 g/mol. The molecular formula is C18H34N2. The van der Waals surface area contributed by atoms with Crippen molar-refractivity contribution in [1.29, 1.82) is 0 Å². The lowest BCUT2D eigenvalue weighted by Gasteiger charge is -2.27. The normalized spacial score (nSPS) is 25.0. The average molecular weight is 278 g/mol. The van der Waals surface area contributed by atoms with Gasteiger partial charge in [0.05, 0.1) is 12.1 Å². The van der Waals surface area contributed by atoms with E-state index >= 15 is 0 Å². The molecule has 0 radical (unpaired) electrons. The van der Waals surface area contributed by atoms with Crippen LogP contribution in [0, 0.1) is 0 Å². The van der Waals surface area contributed by atoms with Crippen LogP contribution in [0.1, 0.15) is 91.9 Å². The lowest BCUT2D eigenvalue weighted by atomic mass is 9.90. The van der Waals surface area contributed by atoms with Crippen LogP contribution in [0.15, 0.2) is 9.98 Å². The Labute approximate surface area is 126 Å². The van der Waals surface area contributed by atoms with Crippen LogP contribution in [0.5, 0.6) is 0 Å². The van der Waals surface area contributed by atoms with Crippen LogP contribution in [0.4, 0.5) is 0 Å². The highest BCUT2D eigenvalue weighted by Crippen LogP contribution is 2.25. The van der Waals surface area contributed by atoms with Crippen molar-refractivity contribution < 1.29 is 0 Å². The summed E-state index contributed by atoms with van der Waals surface area (Å²) in [6.45, 7) is 8.98. The van der Waals surface area contributed by atoms with E-state index in [1.807, 2.05) is 0 Å². The van der Waals surface area contributed by atoms with E-state index in [1.54, 1.807) is 0 Å². The molecule has 1 aliphatic carbocycles. The van der Waals surface area contributed by atoms with Crippen molar-refractivity contribution in [2.75, 3.05) is 0 Å². The van der Waals surface area contributed by atoms with Gasteiger partial charge >= 0.3 is 0 Å². The number of hydrogen-bond donors (Lipinski definition) is 0. The molecule has 1 aliphatic rings. The zero-order valence-electron chi connectivity index (χ0n) is 14.1. The summed E-state index contributed by atoms with van der Waals surface area (Å²) in [6.07, 6.45) is 12.1. The SMILES string of the molecule is CCCC(CC)=NC1CCCCC1N=C(CC)CCC. The van der Waals surface area contributed by atoms with Crippen molar-refractivity contribution in [2.45, 2.75) is 104 Å². The third kappa shape index (κ3) is 5.76. The lowest BCUT2D eigenvalue weighted by Crippen LogP contribution is -2.29. The van der Waals surface area contributed by atoms with Crippen molar-refractivity contribution in [1.82, 2.24) is 0 Å². The molecule has 2 heteroatoms. The van der Waals surface area contributed by atoms with Crippen molar-refractivity contribution in [2.24, 2.45) is 9.98 Å². The van der Waals surface area contributed by atoms with E-state index in [1.165, 1.54) is 62.8 Å². The van der Waals surface area contributed by atoms with Gasteiger partial charge in [0.1, 0.15) is 0 Å². The van der Waals surface area contributed by atoms with E-state index in [2.05, 4.69) is 27.7 Å². The Morgan fingerprint density at radius 1 is 0.750 bits per heavy atom. The summed E-state index contributed by atoms with van der Waals surface area (Å²) in [6, 6.07) is 0.923. The Morgan fingerprint density at radius 2 is 1.15 bits per heavy atom. The maximum Gasteiger partial charge on any atom is 0.0722 e. The smallest absolute Gasteiger partial charge is 0.0722 e. The number of hydrogen-bond acceptors (Lipinski definition) is 2. The van der Waals surface area contributed by atoms with E-state index in [0.717, 1.165) is 12.8 Å². The molecule has 0 amide bonds. The Hall–Kier alpha value is -0.660. The van der Waals surface area contributed by atoms with Gasteiger partial charge in [0.2, 0.25) is 0 Å². The molecule has 0 aromatic heterocycles. The van der Waals surface area contributed by atoms with E-state index in [4.69, 9.17) is 9.98 Å². The first-order valence-electron chi connectivity index (χ1n) is 8.86. The van der Waals surface area contributed by atoms with Gasteiger partial charge in [-0.15, -0.1) is 0 Å². The number of nitrogens with zero attached hydrogens (tertiary/aromatic N) is 2. The first-order valence-corrected chi connectivity index (χ1v) is 8.86. The first-order chi connectivity index (χ1) is 9.74. The molecule has 1 rings (SSSR count). The minimum atomic E-state index is 0.462. The molecule has 0 bridgehead atoms. The van der Waals surface area contributed by atoms with E-state index in [0.29, 0.717) is 12.1 Å². The molecule has 0 saturated heterocycles. The number of rotatable bonds is 8. The third-order valence-electron chi connectivity index (χ3n) is 4.28. The first kappa shape index (κ1) is 17.4. The second-order valence-corrected chi connectivity index (χ2v) is 6.02. The molecule has 0 aromatic rings. The molecule has 2 unspecified atom stereocenters. The van der Waals surface area contributed by atoms with Crippen LogP contribution < -0.4 is 0 Å². The molecule has 1 saturated carbocycles. The molecule has 116 valence electrons. The average Bonchev–Trinajstić information content (AvgIpc) is 2.48. The second-order valence-electron chi connectivity index (χ2n) is 6.02. The third-order valence-corrected chi connectivity index (χ3v) is 4.28. The molecule has 0 aliphatic heterocycles. The molecule has 0 heterocycles. The van der Waals surface area contributed by atoms with E-state index in [9.17, 15) is 0 Å². The minimum absolute atomic E-state index is 0.462. The monoisotopic (exact) mass is 278 g/mol. The van der Waals surface area contributed by atoms with Gasteiger partial charge in [-0.2, -0.15) is 0 Å². The van der Waals surface area contributed by atoms with Crippen molar-refractivity contribution >= 4 is 11.4 Å². The Bertz CT molecular complexity index is 285. The van der Waals surface area contributed by atoms with E-state index in [-0.39, 0.29) is 0 Å². The van der Waals surface area contributed by atoms with Crippen LogP contribution in [0.25, 0.3) is 0 Å². The molecule has 2 nitrogen and oxygen atoms in total. The zero-order valence-corrected chi connectivity index (χ0v) is 14.1. The Morgan fingerprint density at radius 3 is 1.45 bits per heavy atom. The van der Waals surface area contributed by atoms with Gasteiger partial charge in [0.25, 0.3) is 0 Å². The predicted molar refractivity (Wildman–Crippen MR) is 91.3 cm³/mol. The fraction of sp³-hybridized carbons (Fsp3) is 0.889. The van der Waals surface area contributed by atoms with Gasteiger partial charge in [-0.05, 0) is 38.5 Å². The minimum Gasteiger partial charge on any atom is -0.289 e. The van der Waals surface area contributed by atoms with Gasteiger partial charge in [0, 0.05) is 11.4 Å². The summed E-state index contributed by atoms with van der Waals surface area (Å²) in [5, 5.41) is 0. The fourth-order valence-corrected chi connectivity index (χ4v) is 3.10. The maximum absolute atomic E-state index is 5.08. The zero-order chi connectivity index (χ0) is 14.8. The lowest BCUT2D eigenvalue weighted by molar-refractivity contribution is 0.386. The van der Waals surface area contributed by atoms with Crippen LogP contribution in [0.3, 0.4) is 0 Å². The summed E-state index contributed by atoms with van der Waals surface area (Å²) in [4.78, 5) is 10.2. The van der Waals surface area contributed by atoms with Crippen LogP contribution in [-0.2, 0) is 0 Å². The van der Waals surface area contributed by atoms with Crippen LogP contribution >= 0.6 is 0 Å². The summed E-state index contributed by atoms with van der Waals surface area (Å²) < 4.78 is 0. The summed E-state index contributed by atoms with van der Waals surface area (Å²) in [5.74, 6) is 0. The van der Waals surface area contributed by atoms with Gasteiger partial charge in [-0.1, -0.05) is 53.4 Å². The standard InChI is InChI=1S/C18H34N2/c1-5-11-15(7-3)19-17-13-9-10-14-18(17)20-16(8-4)12-6-2/h17-18H,5-14H2,1-4H3. The Kier molecular flexibility index (Phi) is 8.80. The summed E-state index contributed by atoms with van der Waals surface area (Å²) >= 11 is 0. The number of aliphatic imine (C=N–C) groups is 2. The highest BCUT2D eigenvalue weighted by Gasteiger charge is 2.24. The van der Waals surface area contributed by atoms with Gasteiger partial charge < -0.3 is 0 Å². The molecule has 0 spiro atoms. The van der Waals surface area contributed by atoms with Crippen molar-refractivity contribution in [3.63, 3.8) is 0 Å². The van der Waals surface area contributed by atoms with Gasteiger partial charge in [0.15, 0.2) is 0 Å². The van der Waals surface area contributed by atoms with Crippen LogP contribution in [-0.4, -0.2) is 23.5 Å². The molecule has 0 aromatic carbocycles. The topological polar surface area (TPSA) is 24.7 Å². The quantitative estimate of drug-likeness (QED) is 0.516.